The summed E-state index contributed by atoms with van der Waals surface area (Å²) in [4.78, 5) is 21.0. The summed E-state index contributed by atoms with van der Waals surface area (Å²) in [6, 6.07) is 1.80. The molecule has 4 heterocycles. The third-order valence-corrected chi connectivity index (χ3v) is 6.62. The van der Waals surface area contributed by atoms with Crippen LogP contribution in [0.25, 0.3) is 11.0 Å². The summed E-state index contributed by atoms with van der Waals surface area (Å²) >= 11 is 0. The number of halogens is 1. The van der Waals surface area contributed by atoms with Crippen LogP contribution >= 0.6 is 0 Å². The first-order valence-electron chi connectivity index (χ1n) is 11.2. The van der Waals surface area contributed by atoms with Gasteiger partial charge < -0.3 is 19.5 Å². The third kappa shape index (κ3) is 4.51. The molecule has 1 aliphatic carbocycles. The molecule has 2 aromatic heterocycles. The Balaban J connectivity index is 1.46. The molecule has 2 aliphatic heterocycles. The van der Waals surface area contributed by atoms with Crippen molar-refractivity contribution in [1.29, 1.82) is 0 Å². The largest absolute Gasteiger partial charge is 0.481 e. The average molecular weight is 446 g/mol. The second-order valence-corrected chi connectivity index (χ2v) is 10.1. The van der Waals surface area contributed by atoms with Crippen molar-refractivity contribution in [3.05, 3.63) is 29.2 Å². The van der Waals surface area contributed by atoms with E-state index in [1.807, 2.05) is 27.7 Å². The first-order chi connectivity index (χ1) is 15.0. The highest BCUT2D eigenvalue weighted by atomic mass is 19.1. The maximum absolute atomic E-state index is 14.8. The zero-order valence-corrected chi connectivity index (χ0v) is 19.5. The van der Waals surface area contributed by atoms with E-state index in [-0.39, 0.29) is 17.0 Å². The van der Waals surface area contributed by atoms with E-state index >= 15 is 0 Å². The van der Waals surface area contributed by atoms with Gasteiger partial charge in [0, 0.05) is 11.6 Å². The number of ether oxygens (including phenoxy) is 3. The Morgan fingerprint density at radius 1 is 1.25 bits per heavy atom. The molecule has 1 amide bonds. The van der Waals surface area contributed by atoms with Gasteiger partial charge in [-0.25, -0.2) is 14.2 Å². The maximum atomic E-state index is 14.8. The Labute approximate surface area is 188 Å². The molecule has 32 heavy (non-hydrogen) atoms. The molecule has 2 saturated heterocycles. The zero-order valence-electron chi connectivity index (χ0n) is 19.5. The number of carbonyl (C=O) groups excluding carboxylic acids is 1. The summed E-state index contributed by atoms with van der Waals surface area (Å²) in [5.41, 5.74) is 1.44. The monoisotopic (exact) mass is 445 g/mol. The van der Waals surface area contributed by atoms with Crippen LogP contribution in [0.1, 0.15) is 64.0 Å². The van der Waals surface area contributed by atoms with E-state index < -0.39 is 11.7 Å². The van der Waals surface area contributed by atoms with Crippen LogP contribution < -0.4 is 10.1 Å². The van der Waals surface area contributed by atoms with E-state index in [0.717, 1.165) is 31.2 Å². The lowest BCUT2D eigenvalue weighted by molar-refractivity contribution is -0.163. The Morgan fingerprint density at radius 3 is 2.56 bits per heavy atom. The number of fused-ring (bicyclic) bond motifs is 4. The number of rotatable bonds is 5. The number of pyridine rings is 2. The molecule has 1 N–H and O–H groups in total. The Bertz CT molecular complexity index is 1010. The molecule has 7 nitrogen and oxygen atoms in total. The molecular formula is C24H32FN3O4. The van der Waals surface area contributed by atoms with Crippen molar-refractivity contribution in [3.63, 3.8) is 0 Å². The fraction of sp³-hybridized carbons (Fsp3) is 0.625. The minimum Gasteiger partial charge on any atom is -0.481 e. The molecule has 3 aliphatic rings. The van der Waals surface area contributed by atoms with Crippen molar-refractivity contribution >= 4 is 17.1 Å². The summed E-state index contributed by atoms with van der Waals surface area (Å²) < 4.78 is 31.8. The number of amides is 1. The summed E-state index contributed by atoms with van der Waals surface area (Å²) in [6.07, 6.45) is 5.30. The molecule has 2 aromatic rings. The van der Waals surface area contributed by atoms with Crippen LogP contribution in [0.2, 0.25) is 0 Å². The quantitative estimate of drug-likeness (QED) is 0.723. The second kappa shape index (κ2) is 8.14. The molecule has 0 spiro atoms. The standard InChI is InChI=1S/C24H32FN3O4/c1-15-12-18(30-5)27-20-16(17(25)13-26-19(15)20)6-7-24-10-8-23(9-11-24,14-31-24)28-21(29)32-22(2,3)4/h12-13H,6-11,14H2,1-5H3,(H,28,29). The molecule has 0 atom stereocenters. The molecule has 0 unspecified atom stereocenters. The number of carbonyl (C=O) groups is 1. The van der Waals surface area contributed by atoms with E-state index in [4.69, 9.17) is 14.2 Å². The number of hydrogen-bond donors (Lipinski definition) is 1. The van der Waals surface area contributed by atoms with Crippen molar-refractivity contribution in [3.8, 4) is 5.88 Å². The van der Waals surface area contributed by atoms with Crippen molar-refractivity contribution in [1.82, 2.24) is 15.3 Å². The van der Waals surface area contributed by atoms with Gasteiger partial charge in [0.25, 0.3) is 0 Å². The topological polar surface area (TPSA) is 82.6 Å². The van der Waals surface area contributed by atoms with E-state index in [2.05, 4.69) is 15.3 Å². The van der Waals surface area contributed by atoms with Crippen molar-refractivity contribution in [2.24, 2.45) is 0 Å². The van der Waals surface area contributed by atoms with Gasteiger partial charge in [0.2, 0.25) is 5.88 Å². The Kier molecular flexibility index (Phi) is 5.77. The highest BCUT2D eigenvalue weighted by Gasteiger charge is 2.50. The molecule has 0 aromatic carbocycles. The minimum absolute atomic E-state index is 0.312. The molecule has 5 rings (SSSR count). The van der Waals surface area contributed by atoms with Crippen LogP contribution in [0.4, 0.5) is 9.18 Å². The number of aromatic nitrogens is 2. The van der Waals surface area contributed by atoms with Gasteiger partial charge in [0.05, 0.1) is 42.1 Å². The van der Waals surface area contributed by atoms with E-state index in [1.165, 1.54) is 6.20 Å². The number of alkyl carbamates (subject to hydrolysis) is 1. The fourth-order valence-corrected chi connectivity index (χ4v) is 4.78. The third-order valence-electron chi connectivity index (χ3n) is 6.62. The first-order valence-corrected chi connectivity index (χ1v) is 11.2. The van der Waals surface area contributed by atoms with Crippen LogP contribution in [0.3, 0.4) is 0 Å². The lowest BCUT2D eigenvalue weighted by Crippen LogP contribution is -2.63. The first kappa shape index (κ1) is 22.7. The van der Waals surface area contributed by atoms with Gasteiger partial charge in [-0.1, -0.05) is 0 Å². The highest BCUT2D eigenvalue weighted by molar-refractivity contribution is 5.81. The lowest BCUT2D eigenvalue weighted by atomic mass is 9.69. The number of hydrogen-bond acceptors (Lipinski definition) is 6. The number of aryl methyl sites for hydroxylation is 2. The summed E-state index contributed by atoms with van der Waals surface area (Å²) in [7, 11) is 1.55. The SMILES string of the molecule is COc1cc(C)c2ncc(F)c(CCC34CCC(NC(=O)OC(C)(C)C)(CC3)CO4)c2n1. The average Bonchev–Trinajstić information content (AvgIpc) is 2.72. The van der Waals surface area contributed by atoms with Crippen LogP contribution in [-0.4, -0.2) is 46.5 Å². The van der Waals surface area contributed by atoms with E-state index in [0.29, 0.717) is 41.9 Å². The molecule has 174 valence electrons. The van der Waals surface area contributed by atoms with Crippen LogP contribution in [0, 0.1) is 12.7 Å². The van der Waals surface area contributed by atoms with Crippen LogP contribution in [-0.2, 0) is 15.9 Å². The minimum atomic E-state index is -0.541. The van der Waals surface area contributed by atoms with Crippen LogP contribution in [0.5, 0.6) is 5.88 Å². The zero-order chi connectivity index (χ0) is 23.1. The fourth-order valence-electron chi connectivity index (χ4n) is 4.78. The Morgan fingerprint density at radius 2 is 1.97 bits per heavy atom. The Hall–Kier alpha value is -2.48. The number of nitrogens with zero attached hydrogens (tertiary/aromatic N) is 2. The van der Waals surface area contributed by atoms with Gasteiger partial charge in [-0.2, -0.15) is 0 Å². The van der Waals surface area contributed by atoms with Crippen molar-refractivity contribution < 1.29 is 23.4 Å². The van der Waals surface area contributed by atoms with E-state index in [9.17, 15) is 9.18 Å². The predicted molar refractivity (Wildman–Crippen MR) is 118 cm³/mol. The van der Waals surface area contributed by atoms with Gasteiger partial charge in [-0.3, -0.25) is 4.98 Å². The second-order valence-electron chi connectivity index (χ2n) is 10.1. The predicted octanol–water partition coefficient (Wildman–Crippen LogP) is 4.63. The molecule has 1 saturated carbocycles. The molecule has 2 bridgehead atoms. The maximum Gasteiger partial charge on any atom is 0.408 e. The lowest BCUT2D eigenvalue weighted by Gasteiger charge is -2.53. The van der Waals surface area contributed by atoms with Gasteiger partial charge in [0.15, 0.2) is 0 Å². The van der Waals surface area contributed by atoms with Gasteiger partial charge in [-0.05, 0) is 71.8 Å². The smallest absolute Gasteiger partial charge is 0.408 e. The summed E-state index contributed by atoms with van der Waals surface area (Å²) in [5.74, 6) is 0.0907. The highest BCUT2D eigenvalue weighted by Crippen LogP contribution is 2.46. The van der Waals surface area contributed by atoms with Crippen molar-refractivity contribution in [2.75, 3.05) is 13.7 Å². The number of nitrogens with one attached hydrogen (secondary N) is 1. The van der Waals surface area contributed by atoms with Gasteiger partial charge >= 0.3 is 6.09 Å². The van der Waals surface area contributed by atoms with Crippen molar-refractivity contribution in [2.45, 2.75) is 83.0 Å². The molecular weight excluding hydrogens is 413 g/mol. The number of methoxy groups -OCH3 is 1. The molecule has 8 heteroatoms. The van der Waals surface area contributed by atoms with Gasteiger partial charge in [-0.15, -0.1) is 0 Å². The van der Waals surface area contributed by atoms with Crippen LogP contribution in [0.15, 0.2) is 12.3 Å². The van der Waals surface area contributed by atoms with E-state index in [1.54, 1.807) is 13.2 Å². The molecule has 0 radical (unpaired) electrons. The normalized spacial score (nSPS) is 25.1. The molecule has 3 fully saturated rings. The van der Waals surface area contributed by atoms with Gasteiger partial charge in [0.1, 0.15) is 11.4 Å². The summed E-state index contributed by atoms with van der Waals surface area (Å²) in [6.45, 7) is 7.91. The summed E-state index contributed by atoms with van der Waals surface area (Å²) in [5, 5.41) is 3.04.